The van der Waals surface area contributed by atoms with Crippen molar-refractivity contribution in [3.63, 3.8) is 0 Å². The van der Waals surface area contributed by atoms with Crippen LogP contribution in [0.2, 0.25) is 0 Å². The van der Waals surface area contributed by atoms with Gasteiger partial charge < -0.3 is 0 Å². The molecule has 0 aliphatic heterocycles. The number of hydrogen-bond acceptors (Lipinski definition) is 1. The van der Waals surface area contributed by atoms with Gasteiger partial charge in [-0.05, 0) is 29.5 Å². The Morgan fingerprint density at radius 1 is 0.833 bits per heavy atom. The molecule has 2 atom stereocenters. The SMILES string of the molecule is CCCC(=O)c1ccc(C(F)C(F)c2ccc(CCC)cc2)cc1. The number of alkyl halides is 2. The second kappa shape index (κ2) is 8.72. The van der Waals surface area contributed by atoms with Gasteiger partial charge in [0.2, 0.25) is 0 Å². The van der Waals surface area contributed by atoms with E-state index < -0.39 is 12.3 Å². The molecule has 0 aliphatic carbocycles. The molecule has 2 unspecified atom stereocenters. The Kier molecular flexibility index (Phi) is 6.65. The number of hydrogen-bond donors (Lipinski definition) is 0. The summed E-state index contributed by atoms with van der Waals surface area (Å²) >= 11 is 0. The molecule has 1 nitrogen and oxygen atoms in total. The Hall–Kier alpha value is -2.03. The number of ketones is 1. The highest BCUT2D eigenvalue weighted by Gasteiger charge is 2.24. The van der Waals surface area contributed by atoms with Gasteiger partial charge in [-0.25, -0.2) is 8.78 Å². The normalized spacial score (nSPS) is 13.5. The Morgan fingerprint density at radius 2 is 1.33 bits per heavy atom. The van der Waals surface area contributed by atoms with Crippen molar-refractivity contribution in [2.24, 2.45) is 0 Å². The highest BCUT2D eigenvalue weighted by Crippen LogP contribution is 2.35. The van der Waals surface area contributed by atoms with Crippen molar-refractivity contribution < 1.29 is 13.6 Å². The zero-order chi connectivity index (χ0) is 17.5. The van der Waals surface area contributed by atoms with Crippen LogP contribution in [0.1, 0.15) is 72.5 Å². The fourth-order valence-electron chi connectivity index (χ4n) is 2.72. The van der Waals surface area contributed by atoms with Crippen molar-refractivity contribution in [1.29, 1.82) is 0 Å². The van der Waals surface area contributed by atoms with Crippen LogP contribution < -0.4 is 0 Å². The Labute approximate surface area is 142 Å². The summed E-state index contributed by atoms with van der Waals surface area (Å²) in [5, 5.41) is 0. The average molecular weight is 330 g/mol. The van der Waals surface area contributed by atoms with E-state index in [2.05, 4.69) is 6.92 Å². The van der Waals surface area contributed by atoms with Gasteiger partial charge in [-0.3, -0.25) is 4.79 Å². The fraction of sp³-hybridized carbons (Fsp3) is 0.381. The van der Waals surface area contributed by atoms with Gasteiger partial charge in [0.05, 0.1) is 0 Å². The van der Waals surface area contributed by atoms with Crippen LogP contribution in [0.3, 0.4) is 0 Å². The van der Waals surface area contributed by atoms with E-state index >= 15 is 0 Å². The quantitative estimate of drug-likeness (QED) is 0.516. The summed E-state index contributed by atoms with van der Waals surface area (Å²) in [6.45, 7) is 4.02. The van der Waals surface area contributed by atoms with Crippen LogP contribution in [0.5, 0.6) is 0 Å². The summed E-state index contributed by atoms with van der Waals surface area (Å²) < 4.78 is 29.0. The van der Waals surface area contributed by atoms with Gasteiger partial charge >= 0.3 is 0 Å². The van der Waals surface area contributed by atoms with Gasteiger partial charge in [0.25, 0.3) is 0 Å². The van der Waals surface area contributed by atoms with E-state index in [0.717, 1.165) is 24.8 Å². The molecule has 2 rings (SSSR count). The van der Waals surface area contributed by atoms with Gasteiger partial charge in [0.1, 0.15) is 0 Å². The Morgan fingerprint density at radius 3 is 1.79 bits per heavy atom. The smallest absolute Gasteiger partial charge is 0.162 e. The second-order valence-corrected chi connectivity index (χ2v) is 6.09. The van der Waals surface area contributed by atoms with Crippen LogP contribution in [0.4, 0.5) is 8.78 Å². The number of aryl methyl sites for hydroxylation is 1. The summed E-state index contributed by atoms with van der Waals surface area (Å²) in [5.41, 5.74) is 2.27. The number of carbonyl (C=O) groups excluding carboxylic acids is 1. The van der Waals surface area contributed by atoms with E-state index in [1.165, 1.54) is 12.1 Å². The molecule has 0 fully saturated rings. The number of benzene rings is 2. The topological polar surface area (TPSA) is 17.1 Å². The molecule has 0 spiro atoms. The van der Waals surface area contributed by atoms with Crippen LogP contribution >= 0.6 is 0 Å². The van der Waals surface area contributed by atoms with Gasteiger partial charge in [-0.2, -0.15) is 0 Å². The molecule has 2 aromatic carbocycles. The van der Waals surface area contributed by atoms with Crippen molar-refractivity contribution >= 4 is 5.78 Å². The van der Waals surface area contributed by atoms with E-state index in [9.17, 15) is 13.6 Å². The lowest BCUT2D eigenvalue weighted by atomic mass is 9.97. The van der Waals surface area contributed by atoms with Crippen molar-refractivity contribution in [2.45, 2.75) is 51.9 Å². The van der Waals surface area contributed by atoms with Crippen LogP contribution in [-0.2, 0) is 6.42 Å². The maximum Gasteiger partial charge on any atom is 0.162 e. The third-order valence-electron chi connectivity index (χ3n) is 4.12. The molecule has 0 heterocycles. The third-order valence-corrected chi connectivity index (χ3v) is 4.12. The minimum atomic E-state index is -1.74. The zero-order valence-corrected chi connectivity index (χ0v) is 14.3. The van der Waals surface area contributed by atoms with Crippen LogP contribution in [-0.4, -0.2) is 5.78 Å². The fourth-order valence-corrected chi connectivity index (χ4v) is 2.72. The first-order valence-electron chi connectivity index (χ1n) is 8.57. The maximum atomic E-state index is 14.5. The first kappa shape index (κ1) is 18.3. The largest absolute Gasteiger partial charge is 0.294 e. The molecule has 128 valence electrons. The highest BCUT2D eigenvalue weighted by atomic mass is 19.2. The molecule has 3 heteroatoms. The van der Waals surface area contributed by atoms with E-state index in [1.807, 2.05) is 19.1 Å². The summed E-state index contributed by atoms with van der Waals surface area (Å²) in [7, 11) is 0. The Bertz CT molecular complexity index is 647. The lowest BCUT2D eigenvalue weighted by Gasteiger charge is -2.15. The lowest BCUT2D eigenvalue weighted by Crippen LogP contribution is -2.04. The molecule has 0 bridgehead atoms. The van der Waals surface area contributed by atoms with E-state index in [0.29, 0.717) is 17.5 Å². The van der Waals surface area contributed by atoms with E-state index in [4.69, 9.17) is 0 Å². The molecule has 0 aliphatic rings. The van der Waals surface area contributed by atoms with Crippen molar-refractivity contribution in [3.05, 3.63) is 70.8 Å². The van der Waals surface area contributed by atoms with Crippen molar-refractivity contribution in [2.75, 3.05) is 0 Å². The monoisotopic (exact) mass is 330 g/mol. The van der Waals surface area contributed by atoms with Crippen LogP contribution in [0.25, 0.3) is 0 Å². The minimum Gasteiger partial charge on any atom is -0.294 e. The number of Topliss-reactive ketones (excluding diaryl/α,β-unsaturated/α-hetero) is 1. The molecule has 0 aromatic heterocycles. The second-order valence-electron chi connectivity index (χ2n) is 6.09. The Balaban J connectivity index is 2.09. The first-order chi connectivity index (χ1) is 11.6. The van der Waals surface area contributed by atoms with Gasteiger partial charge in [-0.15, -0.1) is 0 Å². The van der Waals surface area contributed by atoms with Crippen molar-refractivity contribution in [1.82, 2.24) is 0 Å². The third kappa shape index (κ3) is 4.50. The average Bonchev–Trinajstić information content (AvgIpc) is 2.62. The van der Waals surface area contributed by atoms with Crippen LogP contribution in [0, 0.1) is 0 Å². The summed E-state index contributed by atoms with van der Waals surface area (Å²) in [6.07, 6.45) is -0.256. The molecular formula is C21H24F2O. The summed E-state index contributed by atoms with van der Waals surface area (Å²) in [5.74, 6) is 0.0303. The number of rotatable bonds is 8. The highest BCUT2D eigenvalue weighted by molar-refractivity contribution is 5.96. The zero-order valence-electron chi connectivity index (χ0n) is 14.3. The summed E-state index contributed by atoms with van der Waals surface area (Å²) in [4.78, 5) is 11.8. The number of halogens is 2. The summed E-state index contributed by atoms with van der Waals surface area (Å²) in [6, 6.07) is 13.2. The first-order valence-corrected chi connectivity index (χ1v) is 8.57. The van der Waals surface area contributed by atoms with Gasteiger partial charge in [0.15, 0.2) is 18.1 Å². The lowest BCUT2D eigenvalue weighted by molar-refractivity contribution is 0.0981. The predicted molar refractivity (Wildman–Crippen MR) is 93.8 cm³/mol. The molecular weight excluding hydrogens is 306 g/mol. The van der Waals surface area contributed by atoms with Crippen LogP contribution in [0.15, 0.2) is 48.5 Å². The van der Waals surface area contributed by atoms with Crippen molar-refractivity contribution in [3.8, 4) is 0 Å². The molecule has 0 saturated heterocycles. The van der Waals surface area contributed by atoms with Gasteiger partial charge in [0, 0.05) is 12.0 Å². The standard InChI is InChI=1S/C21H24F2O/c1-3-5-15-7-9-17(10-8-15)20(22)21(23)18-13-11-16(12-14-18)19(24)6-4-2/h7-14,20-21H,3-6H2,1-2H3. The molecule has 24 heavy (non-hydrogen) atoms. The maximum absolute atomic E-state index is 14.5. The van der Waals surface area contributed by atoms with Gasteiger partial charge in [-0.1, -0.05) is 68.8 Å². The molecule has 2 aromatic rings. The minimum absolute atomic E-state index is 0.0303. The molecule has 0 N–H and O–H groups in total. The van der Waals surface area contributed by atoms with E-state index in [1.54, 1.807) is 24.3 Å². The predicted octanol–water partition coefficient (Wildman–Crippen LogP) is 6.34. The number of carbonyl (C=O) groups is 1. The molecule has 0 saturated carbocycles. The van der Waals surface area contributed by atoms with E-state index in [-0.39, 0.29) is 11.3 Å². The molecule has 0 radical (unpaired) electrons. The molecule has 0 amide bonds.